The van der Waals surface area contributed by atoms with Crippen molar-refractivity contribution in [2.45, 2.75) is 13.1 Å². The van der Waals surface area contributed by atoms with Gasteiger partial charge in [0.1, 0.15) is 0 Å². The second-order valence-electron chi connectivity index (χ2n) is 5.59. The first kappa shape index (κ1) is 34.0. The molecule has 0 aliphatic heterocycles. The Labute approximate surface area is 196 Å². The van der Waals surface area contributed by atoms with E-state index < -0.39 is 36.5 Å². The predicted octanol–water partition coefficient (Wildman–Crippen LogP) is -5.00. The summed E-state index contributed by atoms with van der Waals surface area (Å²) in [6.45, 7) is -0.980. The number of para-hydroxylation sites is 4. The maximum absolute atomic E-state index is 11.2. The fourth-order valence-corrected chi connectivity index (χ4v) is 2.59. The average molecular weight is 526 g/mol. The Morgan fingerprint density at radius 1 is 0.667 bits per heavy atom. The van der Waals surface area contributed by atoms with Crippen molar-refractivity contribution >= 4 is 34.1 Å². The second kappa shape index (κ2) is 14.4. The molecule has 0 atom stereocenters. The van der Waals surface area contributed by atoms with Crippen molar-refractivity contribution in [3.63, 3.8) is 0 Å². The monoisotopic (exact) mass is 524 g/mol. The van der Waals surface area contributed by atoms with Gasteiger partial charge in [0.25, 0.3) is 0 Å². The molecule has 12 N–H and O–H groups in total. The van der Waals surface area contributed by atoms with Crippen molar-refractivity contribution in [3.05, 3.63) is 69.6 Å². The number of carboxylic acids is 2. The third-order valence-electron chi connectivity index (χ3n) is 3.72. The second-order valence-corrected chi connectivity index (χ2v) is 5.59. The molecule has 2 aromatic heterocycles. The van der Waals surface area contributed by atoms with Gasteiger partial charge in [0.15, 0.2) is 11.2 Å². The number of oxazole rings is 2. The van der Waals surface area contributed by atoms with Crippen LogP contribution in [-0.4, -0.2) is 21.1 Å². The number of fused-ring (bicyclic) bond motifs is 2. The molecule has 0 amide bonds. The number of carboxylic acid groups (broad SMARTS) is 2. The van der Waals surface area contributed by atoms with E-state index in [9.17, 15) is 29.4 Å². The predicted molar refractivity (Wildman–Crippen MR) is 110 cm³/mol. The molecule has 4 aromatic rings. The SMILES string of the molecule is O=C([O-])Cn1c(=O)oc2ccccc21.O=C([O-])Cn1c(=O)oc2ccccc21.[OH3+].[OH3+].[OH3+].[OH3+].[Zn+2]. The number of rotatable bonds is 4. The van der Waals surface area contributed by atoms with Gasteiger partial charge in [-0.05, 0) is 24.3 Å². The van der Waals surface area contributed by atoms with E-state index >= 15 is 0 Å². The van der Waals surface area contributed by atoms with Gasteiger partial charge >= 0.3 is 31.0 Å². The van der Waals surface area contributed by atoms with Crippen LogP contribution in [0.2, 0.25) is 0 Å². The van der Waals surface area contributed by atoms with Gasteiger partial charge in [-0.15, -0.1) is 0 Å². The zero-order chi connectivity index (χ0) is 20.3. The molecular weight excluding hydrogens is 502 g/mol. The molecule has 176 valence electrons. The Kier molecular flexibility index (Phi) is 14.9. The van der Waals surface area contributed by atoms with Crippen LogP contribution in [0.3, 0.4) is 0 Å². The van der Waals surface area contributed by atoms with Gasteiger partial charge in [0.05, 0.1) is 36.1 Å². The fraction of sp³-hybridized carbons (Fsp3) is 0.111. The van der Waals surface area contributed by atoms with Gasteiger partial charge in [0, 0.05) is 0 Å². The topological polar surface area (TPSA) is 283 Å². The van der Waals surface area contributed by atoms with E-state index in [4.69, 9.17) is 8.83 Å². The molecule has 2 heterocycles. The molecule has 0 saturated carbocycles. The molecular formula is C18H24N2O12Zn+4. The molecule has 0 aliphatic rings. The van der Waals surface area contributed by atoms with Crippen LogP contribution in [0.1, 0.15) is 0 Å². The molecule has 0 aliphatic carbocycles. The first-order chi connectivity index (χ1) is 13.4. The summed E-state index contributed by atoms with van der Waals surface area (Å²) < 4.78 is 11.7. The first-order valence-electron chi connectivity index (χ1n) is 7.93. The molecule has 0 radical (unpaired) electrons. The van der Waals surface area contributed by atoms with Crippen LogP contribution in [0.15, 0.2) is 67.0 Å². The van der Waals surface area contributed by atoms with E-state index in [-0.39, 0.29) is 41.4 Å². The number of carbonyl (C=O) groups excluding carboxylic acids is 2. The van der Waals surface area contributed by atoms with E-state index in [2.05, 4.69) is 0 Å². The Balaban J connectivity index is -0.000000474. The summed E-state index contributed by atoms with van der Waals surface area (Å²) in [5, 5.41) is 20.7. The minimum absolute atomic E-state index is 0. The van der Waals surface area contributed by atoms with Gasteiger partial charge in [-0.2, -0.15) is 0 Å². The van der Waals surface area contributed by atoms with Crippen LogP contribution < -0.4 is 21.7 Å². The maximum Gasteiger partial charge on any atom is 2.00 e. The van der Waals surface area contributed by atoms with E-state index in [0.29, 0.717) is 22.2 Å². The number of benzene rings is 2. The van der Waals surface area contributed by atoms with E-state index in [1.807, 2.05) is 0 Å². The Morgan fingerprint density at radius 3 is 1.27 bits per heavy atom. The van der Waals surface area contributed by atoms with Gasteiger partial charge < -0.3 is 50.5 Å². The van der Waals surface area contributed by atoms with Crippen LogP contribution in [-0.2, 0) is 64.1 Å². The van der Waals surface area contributed by atoms with Crippen molar-refractivity contribution < 1.29 is 70.0 Å². The molecule has 0 bridgehead atoms. The van der Waals surface area contributed by atoms with Gasteiger partial charge in [-0.25, -0.2) is 9.59 Å². The van der Waals surface area contributed by atoms with Crippen LogP contribution in [0.25, 0.3) is 22.2 Å². The first-order valence-corrected chi connectivity index (χ1v) is 7.93. The van der Waals surface area contributed by atoms with Crippen LogP contribution >= 0.6 is 0 Å². The normalized spacial score (nSPS) is 8.97. The third kappa shape index (κ3) is 7.78. The summed E-state index contributed by atoms with van der Waals surface area (Å²) in [6.07, 6.45) is 0. The Hall–Kier alpha value is -3.62. The summed E-state index contributed by atoms with van der Waals surface area (Å²) in [7, 11) is 0. The standard InChI is InChI=1S/2C9H7NO4.4H2O.Zn/c2*11-8(12)5-10-6-3-1-2-4-7(6)14-9(10)13;;;;;/h2*1-4H,5H2,(H,11,12);4*1H2;/q;;;;;;+2/p+2. The maximum atomic E-state index is 11.2. The van der Waals surface area contributed by atoms with E-state index in [1.54, 1.807) is 48.5 Å². The molecule has 2 aromatic carbocycles. The molecule has 33 heavy (non-hydrogen) atoms. The largest absolute Gasteiger partial charge is 2.00 e. The summed E-state index contributed by atoms with van der Waals surface area (Å²) in [5.41, 5.74) is 1.67. The van der Waals surface area contributed by atoms with Crippen molar-refractivity contribution in [2.75, 3.05) is 0 Å². The van der Waals surface area contributed by atoms with Gasteiger partial charge in [0.2, 0.25) is 0 Å². The van der Waals surface area contributed by atoms with Crippen molar-refractivity contribution in [3.8, 4) is 0 Å². The van der Waals surface area contributed by atoms with Crippen LogP contribution in [0, 0.1) is 0 Å². The van der Waals surface area contributed by atoms with Gasteiger partial charge in [-0.1, -0.05) is 24.3 Å². The number of hydrogen-bond acceptors (Lipinski definition) is 8. The Bertz CT molecular complexity index is 1190. The number of nitrogens with zero attached hydrogens (tertiary/aromatic N) is 2. The fourth-order valence-electron chi connectivity index (χ4n) is 2.59. The van der Waals surface area contributed by atoms with Crippen molar-refractivity contribution in [1.29, 1.82) is 0 Å². The molecule has 0 unspecified atom stereocenters. The summed E-state index contributed by atoms with van der Waals surface area (Å²) in [4.78, 5) is 43.1. The average Bonchev–Trinajstić information content (AvgIpc) is 3.12. The zero-order valence-electron chi connectivity index (χ0n) is 17.2. The van der Waals surface area contributed by atoms with Crippen LogP contribution in [0.5, 0.6) is 0 Å². The molecule has 0 saturated heterocycles. The van der Waals surface area contributed by atoms with E-state index in [1.165, 1.54) is 0 Å². The smallest absolute Gasteiger partial charge is 0.548 e. The number of aromatic nitrogens is 2. The number of hydrogen-bond donors (Lipinski definition) is 0. The minimum Gasteiger partial charge on any atom is -0.548 e. The zero-order valence-corrected chi connectivity index (χ0v) is 20.2. The third-order valence-corrected chi connectivity index (χ3v) is 3.72. The summed E-state index contributed by atoms with van der Waals surface area (Å²) in [6, 6.07) is 13.2. The van der Waals surface area contributed by atoms with Crippen LogP contribution in [0.4, 0.5) is 0 Å². The van der Waals surface area contributed by atoms with Crippen molar-refractivity contribution in [2.24, 2.45) is 0 Å². The molecule has 4 rings (SSSR count). The van der Waals surface area contributed by atoms with Gasteiger partial charge in [-0.3, -0.25) is 9.13 Å². The number of aliphatic carboxylic acids is 2. The summed E-state index contributed by atoms with van der Waals surface area (Å²) in [5.74, 6) is -4.01. The quantitative estimate of drug-likeness (QED) is 0.183. The minimum atomic E-state index is -1.32. The number of carbonyl (C=O) groups is 2. The Morgan fingerprint density at radius 2 is 0.970 bits per heavy atom. The molecule has 0 spiro atoms. The van der Waals surface area contributed by atoms with Crippen molar-refractivity contribution in [1.82, 2.24) is 9.13 Å². The molecule has 14 nitrogen and oxygen atoms in total. The summed E-state index contributed by atoms with van der Waals surface area (Å²) >= 11 is 0. The van der Waals surface area contributed by atoms with E-state index in [0.717, 1.165) is 9.13 Å². The molecule has 15 heteroatoms. The molecule has 0 fully saturated rings.